The van der Waals surface area contributed by atoms with Crippen LogP contribution in [0.5, 0.6) is 0 Å². The number of amides is 2. The molecule has 0 spiro atoms. The zero-order valence-corrected chi connectivity index (χ0v) is 3.75. The molecule has 0 heterocycles. The molecule has 0 fully saturated rings. The van der Waals surface area contributed by atoms with Crippen LogP contribution in [0.2, 0.25) is 0 Å². The fourth-order valence-electron chi connectivity index (χ4n) is 0.0940. The van der Waals surface area contributed by atoms with Crippen LogP contribution in [-0.2, 0) is 4.84 Å². The van der Waals surface area contributed by atoms with Gasteiger partial charge in [0.25, 0.3) is 0 Å². The van der Waals surface area contributed by atoms with Crippen LogP contribution >= 0.6 is 0 Å². The second-order valence-electron chi connectivity index (χ2n) is 0.834. The van der Waals surface area contributed by atoms with Crippen LogP contribution in [0.3, 0.4) is 0 Å². The van der Waals surface area contributed by atoms with E-state index >= 15 is 0 Å². The van der Waals surface area contributed by atoms with Gasteiger partial charge in [0.1, 0.15) is 0 Å². The van der Waals surface area contributed by atoms with Crippen molar-refractivity contribution in [2.45, 2.75) is 0 Å². The molecule has 9 heavy (non-hydrogen) atoms. The van der Waals surface area contributed by atoms with Gasteiger partial charge in [-0.1, -0.05) is 0 Å². The van der Waals surface area contributed by atoms with Crippen molar-refractivity contribution < 1.29 is 19.5 Å². The van der Waals surface area contributed by atoms with Crippen LogP contribution in [0.25, 0.3) is 0 Å². The number of nitrogens with two attached hydrogens (primary N) is 1. The van der Waals surface area contributed by atoms with Crippen LogP contribution in [0.4, 0.5) is 9.59 Å². The third-order valence-electron chi connectivity index (χ3n) is 0.239. The van der Waals surface area contributed by atoms with Gasteiger partial charge in [-0.05, 0) is 0 Å². The van der Waals surface area contributed by atoms with Gasteiger partial charge in [0, 0.05) is 0 Å². The van der Waals surface area contributed by atoms with Crippen LogP contribution in [0, 0.1) is 0 Å². The van der Waals surface area contributed by atoms with Crippen molar-refractivity contribution in [3.05, 3.63) is 0 Å². The Labute approximate surface area is 93.1 Å². The molecule has 48 valence electrons. The van der Waals surface area contributed by atoms with Crippen molar-refractivity contribution in [1.82, 2.24) is 5.48 Å². The Morgan fingerprint density at radius 1 is 1.56 bits per heavy atom. The first-order valence-corrected chi connectivity index (χ1v) is 1.58. The number of rotatable bonds is 0. The minimum atomic E-state index is -1.61. The first-order valence-electron chi connectivity index (χ1n) is 1.58. The fraction of sp³-hybridized carbons (Fsp3) is 0. The van der Waals surface area contributed by atoms with E-state index in [-0.39, 0.29) is 51.4 Å². The van der Waals surface area contributed by atoms with E-state index in [0.29, 0.717) is 0 Å². The molecule has 0 rings (SSSR count). The van der Waals surface area contributed by atoms with Gasteiger partial charge in [-0.15, -0.1) is 0 Å². The zero-order valence-electron chi connectivity index (χ0n) is 3.75. The first kappa shape index (κ1) is 11.9. The van der Waals surface area contributed by atoms with Crippen molar-refractivity contribution in [1.29, 1.82) is 0 Å². The molecular weight excluding hydrogens is 155 g/mol. The average Bonchev–Trinajstić information content (AvgIpc) is 1.61. The number of hydrogen-bond donors (Lipinski definition) is 3. The fourth-order valence-corrected chi connectivity index (χ4v) is 0.0940. The molecule has 0 aliphatic carbocycles. The molecule has 0 aromatic heterocycles. The summed E-state index contributed by atoms with van der Waals surface area (Å²) in [5.41, 5.74) is 5.79. The molecule has 0 aromatic carbocycles. The predicted octanol–water partition coefficient (Wildman–Crippen LogP) is -1.38. The molecule has 0 atom stereocenters. The molecular formula is C2H5KN2O4. The maximum atomic E-state index is 9.63. The van der Waals surface area contributed by atoms with Crippen LogP contribution in [0.1, 0.15) is 0 Å². The van der Waals surface area contributed by atoms with Gasteiger partial charge in [-0.3, -0.25) is 0 Å². The second kappa shape index (κ2) is 6.30. The Bertz CT molecular complexity index is 101. The molecule has 0 aliphatic rings. The van der Waals surface area contributed by atoms with E-state index < -0.39 is 12.2 Å². The summed E-state index contributed by atoms with van der Waals surface area (Å²) in [5, 5.41) is 7.67. The quantitative estimate of drug-likeness (QED) is 0.300. The zero-order chi connectivity index (χ0) is 6.57. The summed E-state index contributed by atoms with van der Waals surface area (Å²) in [6, 6.07) is -1.05. The van der Waals surface area contributed by atoms with Crippen molar-refractivity contribution >= 4 is 63.6 Å². The SMILES string of the molecule is NC(=O)NOC(=O)O.[KH]. The van der Waals surface area contributed by atoms with Gasteiger partial charge in [-0.2, -0.15) is 5.48 Å². The summed E-state index contributed by atoms with van der Waals surface area (Å²) in [5.74, 6) is 0. The Hall–Kier alpha value is 0.176. The average molecular weight is 160 g/mol. The van der Waals surface area contributed by atoms with Crippen molar-refractivity contribution in [3.8, 4) is 0 Å². The van der Waals surface area contributed by atoms with Gasteiger partial charge < -0.3 is 15.7 Å². The molecule has 4 N–H and O–H groups in total. The normalized spacial score (nSPS) is 6.67. The van der Waals surface area contributed by atoms with E-state index in [0.717, 1.165) is 0 Å². The number of carboxylic acid groups (broad SMARTS) is 1. The number of hydrogen-bond acceptors (Lipinski definition) is 3. The van der Waals surface area contributed by atoms with E-state index in [2.05, 4.69) is 10.6 Å². The Kier molecular flexibility index (Phi) is 8.34. The number of hydroxylamine groups is 1. The maximum absolute atomic E-state index is 9.63. The van der Waals surface area contributed by atoms with E-state index in [1.54, 1.807) is 0 Å². The van der Waals surface area contributed by atoms with Gasteiger partial charge in [-0.25, -0.2) is 9.59 Å². The standard InChI is InChI=1S/C2H4N2O4.K.H/c3-1(5)4-8-2(6)7;;/h(H,6,7)(H3,3,4,5);;. The number of carbonyl (C=O) groups is 2. The first-order chi connectivity index (χ1) is 3.63. The molecule has 0 saturated carbocycles. The Balaban J connectivity index is 0. The molecule has 0 aliphatic heterocycles. The summed E-state index contributed by atoms with van der Waals surface area (Å²) < 4.78 is 0. The van der Waals surface area contributed by atoms with Crippen molar-refractivity contribution in [3.63, 3.8) is 0 Å². The van der Waals surface area contributed by atoms with Crippen LogP contribution in [0.15, 0.2) is 0 Å². The molecule has 0 saturated heterocycles. The third-order valence-corrected chi connectivity index (χ3v) is 0.239. The van der Waals surface area contributed by atoms with E-state index in [4.69, 9.17) is 5.11 Å². The van der Waals surface area contributed by atoms with Gasteiger partial charge in [0.15, 0.2) is 0 Å². The molecule has 0 aromatic rings. The Morgan fingerprint density at radius 2 is 2.00 bits per heavy atom. The summed E-state index contributed by atoms with van der Waals surface area (Å²) in [6.07, 6.45) is -1.61. The summed E-state index contributed by atoms with van der Waals surface area (Å²) in [6.45, 7) is 0. The number of nitrogens with one attached hydrogen (secondary N) is 1. The van der Waals surface area contributed by atoms with E-state index in [1.165, 1.54) is 5.48 Å². The molecule has 0 radical (unpaired) electrons. The predicted molar refractivity (Wildman–Crippen MR) is 29.0 cm³/mol. The van der Waals surface area contributed by atoms with E-state index in [9.17, 15) is 9.59 Å². The van der Waals surface area contributed by atoms with Crippen LogP contribution in [-0.4, -0.2) is 68.7 Å². The number of primary amides is 1. The van der Waals surface area contributed by atoms with E-state index in [1.807, 2.05) is 0 Å². The monoisotopic (exact) mass is 160 g/mol. The molecule has 2 amide bonds. The molecule has 6 nitrogen and oxygen atoms in total. The number of carbonyl (C=O) groups excluding carboxylic acids is 1. The second-order valence-corrected chi connectivity index (χ2v) is 0.834. The number of urea groups is 1. The molecule has 0 unspecified atom stereocenters. The summed E-state index contributed by atoms with van der Waals surface area (Å²) in [4.78, 5) is 22.5. The third kappa shape index (κ3) is 11.6. The summed E-state index contributed by atoms with van der Waals surface area (Å²) >= 11 is 0. The molecule has 0 bridgehead atoms. The topological polar surface area (TPSA) is 102 Å². The van der Waals surface area contributed by atoms with Gasteiger partial charge in [0.2, 0.25) is 0 Å². The van der Waals surface area contributed by atoms with Crippen molar-refractivity contribution in [2.75, 3.05) is 0 Å². The van der Waals surface area contributed by atoms with Gasteiger partial charge >= 0.3 is 63.6 Å². The summed E-state index contributed by atoms with van der Waals surface area (Å²) in [7, 11) is 0. The minimum absolute atomic E-state index is 0. The van der Waals surface area contributed by atoms with Crippen LogP contribution < -0.4 is 11.2 Å². The van der Waals surface area contributed by atoms with Gasteiger partial charge in [0.05, 0.1) is 0 Å². The Morgan fingerprint density at radius 3 is 2.11 bits per heavy atom. The van der Waals surface area contributed by atoms with Crippen molar-refractivity contribution in [2.24, 2.45) is 5.73 Å². The molecule has 7 heteroatoms.